The second kappa shape index (κ2) is 4.61. The van der Waals surface area contributed by atoms with Gasteiger partial charge in [-0.1, -0.05) is 0 Å². The lowest BCUT2D eigenvalue weighted by molar-refractivity contribution is 0.479. The maximum Gasteiger partial charge on any atom is 0.189 e. The Morgan fingerprint density at radius 3 is 2.73 bits per heavy atom. The standard InChI is InChI=1S/C10H18N4S/c1-7(2)13-9(11)14-10(3,4)8-12-5-6-15-8/h5-7H,1-4H3,(H3,11,13,14). The first kappa shape index (κ1) is 12.0. The molecule has 1 rings (SSSR count). The van der Waals surface area contributed by atoms with Crippen LogP contribution in [0.4, 0.5) is 0 Å². The first-order chi connectivity index (χ1) is 6.92. The van der Waals surface area contributed by atoms with Crippen molar-refractivity contribution in [3.63, 3.8) is 0 Å². The number of hydrogen-bond acceptors (Lipinski definition) is 3. The van der Waals surface area contributed by atoms with Crippen molar-refractivity contribution < 1.29 is 0 Å². The van der Waals surface area contributed by atoms with Crippen molar-refractivity contribution in [2.45, 2.75) is 39.3 Å². The van der Waals surface area contributed by atoms with E-state index in [0.29, 0.717) is 5.96 Å². The van der Waals surface area contributed by atoms with Crippen LogP contribution in [0.3, 0.4) is 0 Å². The van der Waals surface area contributed by atoms with Gasteiger partial charge in [0.25, 0.3) is 0 Å². The number of nitrogens with one attached hydrogen (secondary N) is 1. The molecule has 0 amide bonds. The Morgan fingerprint density at radius 2 is 2.27 bits per heavy atom. The number of rotatable bonds is 3. The molecule has 4 nitrogen and oxygen atoms in total. The molecule has 1 aromatic rings. The van der Waals surface area contributed by atoms with Gasteiger partial charge in [-0.15, -0.1) is 11.3 Å². The van der Waals surface area contributed by atoms with Crippen molar-refractivity contribution in [1.29, 1.82) is 0 Å². The van der Waals surface area contributed by atoms with E-state index in [1.807, 2.05) is 33.1 Å². The Kier molecular flexibility index (Phi) is 3.68. The number of nitrogens with two attached hydrogens (primary N) is 1. The van der Waals surface area contributed by atoms with Gasteiger partial charge in [-0.05, 0) is 27.7 Å². The Morgan fingerprint density at radius 1 is 1.60 bits per heavy atom. The maximum absolute atomic E-state index is 5.78. The molecule has 0 spiro atoms. The van der Waals surface area contributed by atoms with Crippen LogP contribution >= 0.6 is 11.3 Å². The number of thiazole rings is 1. The van der Waals surface area contributed by atoms with Crippen LogP contribution in [0.15, 0.2) is 16.6 Å². The summed E-state index contributed by atoms with van der Waals surface area (Å²) in [5.74, 6) is 0.463. The molecule has 0 radical (unpaired) electrons. The van der Waals surface area contributed by atoms with E-state index >= 15 is 0 Å². The monoisotopic (exact) mass is 226 g/mol. The highest BCUT2D eigenvalue weighted by atomic mass is 32.1. The zero-order valence-electron chi connectivity index (χ0n) is 9.61. The first-order valence-corrected chi connectivity index (χ1v) is 5.81. The number of guanidine groups is 1. The lowest BCUT2D eigenvalue weighted by atomic mass is 10.1. The summed E-state index contributed by atoms with van der Waals surface area (Å²) >= 11 is 1.61. The molecule has 15 heavy (non-hydrogen) atoms. The molecule has 5 heteroatoms. The fourth-order valence-corrected chi connectivity index (χ4v) is 1.93. The van der Waals surface area contributed by atoms with E-state index in [1.54, 1.807) is 17.5 Å². The predicted molar refractivity (Wildman–Crippen MR) is 65.0 cm³/mol. The van der Waals surface area contributed by atoms with Crippen molar-refractivity contribution in [2.24, 2.45) is 10.7 Å². The summed E-state index contributed by atoms with van der Waals surface area (Å²) in [5.41, 5.74) is 5.52. The third-order valence-corrected chi connectivity index (χ3v) is 2.90. The molecule has 0 saturated heterocycles. The second-order valence-electron chi connectivity index (χ2n) is 4.20. The highest BCUT2D eigenvalue weighted by Gasteiger charge is 2.23. The van der Waals surface area contributed by atoms with Crippen LogP contribution in [0.25, 0.3) is 0 Å². The highest BCUT2D eigenvalue weighted by molar-refractivity contribution is 7.09. The van der Waals surface area contributed by atoms with Crippen LogP contribution in [0.5, 0.6) is 0 Å². The molecular formula is C10H18N4S. The van der Waals surface area contributed by atoms with E-state index in [-0.39, 0.29) is 11.6 Å². The van der Waals surface area contributed by atoms with Crippen LogP contribution in [0.1, 0.15) is 32.7 Å². The van der Waals surface area contributed by atoms with Crippen molar-refractivity contribution in [1.82, 2.24) is 10.3 Å². The van der Waals surface area contributed by atoms with E-state index in [0.717, 1.165) is 5.01 Å². The molecule has 0 aromatic carbocycles. The first-order valence-electron chi connectivity index (χ1n) is 4.93. The van der Waals surface area contributed by atoms with Gasteiger partial charge in [0.2, 0.25) is 0 Å². The zero-order chi connectivity index (χ0) is 11.5. The summed E-state index contributed by atoms with van der Waals surface area (Å²) in [6.45, 7) is 8.05. The van der Waals surface area contributed by atoms with Gasteiger partial charge in [-0.3, -0.25) is 4.99 Å². The molecule has 84 valence electrons. The van der Waals surface area contributed by atoms with Gasteiger partial charge in [0, 0.05) is 17.6 Å². The molecule has 3 N–H and O–H groups in total. The van der Waals surface area contributed by atoms with E-state index in [1.165, 1.54) is 0 Å². The average Bonchev–Trinajstić information content (AvgIpc) is 2.51. The Bertz CT molecular complexity index is 327. The molecule has 0 aliphatic carbocycles. The maximum atomic E-state index is 5.78. The molecule has 0 fully saturated rings. The molecule has 0 atom stereocenters. The van der Waals surface area contributed by atoms with Crippen LogP contribution < -0.4 is 11.1 Å². The number of nitrogens with zero attached hydrogens (tertiary/aromatic N) is 2. The molecule has 1 aromatic heterocycles. The SMILES string of the molecule is CC(C)N=C(N)NC(C)(C)c1nccs1. The summed E-state index contributed by atoms with van der Waals surface area (Å²) < 4.78 is 0. The quantitative estimate of drug-likeness (QED) is 0.609. The number of hydrogen-bond donors (Lipinski definition) is 2. The number of aliphatic imine (C=N–C) groups is 1. The highest BCUT2D eigenvalue weighted by Crippen LogP contribution is 2.21. The predicted octanol–water partition coefficient (Wildman–Crippen LogP) is 1.69. The lowest BCUT2D eigenvalue weighted by Gasteiger charge is -2.24. The van der Waals surface area contributed by atoms with Crippen molar-refractivity contribution in [3.05, 3.63) is 16.6 Å². The van der Waals surface area contributed by atoms with Gasteiger partial charge >= 0.3 is 0 Å². The smallest absolute Gasteiger partial charge is 0.189 e. The van der Waals surface area contributed by atoms with Gasteiger partial charge in [0.1, 0.15) is 5.01 Å². The molecule has 1 heterocycles. The summed E-state index contributed by atoms with van der Waals surface area (Å²) in [4.78, 5) is 8.50. The van der Waals surface area contributed by atoms with Gasteiger partial charge in [0.15, 0.2) is 5.96 Å². The van der Waals surface area contributed by atoms with Gasteiger partial charge in [-0.25, -0.2) is 4.98 Å². The molecule has 0 bridgehead atoms. The molecule has 0 aliphatic heterocycles. The van der Waals surface area contributed by atoms with Crippen LogP contribution in [0.2, 0.25) is 0 Å². The Hall–Kier alpha value is -1.10. The van der Waals surface area contributed by atoms with Gasteiger partial charge < -0.3 is 11.1 Å². The Labute approximate surface area is 94.6 Å². The summed E-state index contributed by atoms with van der Waals surface area (Å²) in [6, 6.07) is 0.199. The minimum absolute atomic E-state index is 0.199. The third-order valence-electron chi connectivity index (χ3n) is 1.80. The van der Waals surface area contributed by atoms with Crippen LogP contribution in [-0.2, 0) is 5.54 Å². The molecular weight excluding hydrogens is 208 g/mol. The molecule has 0 aliphatic rings. The largest absolute Gasteiger partial charge is 0.370 e. The average molecular weight is 226 g/mol. The lowest BCUT2D eigenvalue weighted by Crippen LogP contribution is -2.45. The Balaban J connectivity index is 2.73. The fourth-order valence-electron chi connectivity index (χ4n) is 1.22. The van der Waals surface area contributed by atoms with Gasteiger partial charge in [0.05, 0.1) is 5.54 Å². The van der Waals surface area contributed by atoms with Crippen molar-refractivity contribution in [3.8, 4) is 0 Å². The summed E-state index contributed by atoms with van der Waals surface area (Å²) in [7, 11) is 0. The minimum Gasteiger partial charge on any atom is -0.370 e. The fraction of sp³-hybridized carbons (Fsp3) is 0.600. The second-order valence-corrected chi connectivity index (χ2v) is 5.09. The van der Waals surface area contributed by atoms with E-state index in [9.17, 15) is 0 Å². The minimum atomic E-state index is -0.267. The molecule has 0 saturated carbocycles. The van der Waals surface area contributed by atoms with Crippen molar-refractivity contribution in [2.75, 3.05) is 0 Å². The van der Waals surface area contributed by atoms with Crippen LogP contribution in [0, 0.1) is 0 Å². The third kappa shape index (κ3) is 3.51. The van der Waals surface area contributed by atoms with Crippen LogP contribution in [-0.4, -0.2) is 17.0 Å². The zero-order valence-corrected chi connectivity index (χ0v) is 10.4. The summed E-state index contributed by atoms with van der Waals surface area (Å²) in [5, 5.41) is 6.12. The van der Waals surface area contributed by atoms with E-state index < -0.39 is 0 Å². The number of aromatic nitrogens is 1. The van der Waals surface area contributed by atoms with Gasteiger partial charge in [-0.2, -0.15) is 0 Å². The molecule has 0 unspecified atom stereocenters. The normalized spacial score (nSPS) is 13.3. The van der Waals surface area contributed by atoms with Crippen molar-refractivity contribution >= 4 is 17.3 Å². The van der Waals surface area contributed by atoms with E-state index in [2.05, 4.69) is 15.3 Å². The van der Waals surface area contributed by atoms with E-state index in [4.69, 9.17) is 5.73 Å². The summed E-state index contributed by atoms with van der Waals surface area (Å²) in [6.07, 6.45) is 1.79. The topological polar surface area (TPSA) is 63.3 Å².